The minimum absolute atomic E-state index is 0.0414. The van der Waals surface area contributed by atoms with Crippen LogP contribution >= 0.6 is 23.2 Å². The van der Waals surface area contributed by atoms with Crippen molar-refractivity contribution < 1.29 is 18.0 Å². The number of hydrogen-bond acceptors (Lipinski definition) is 4. The van der Waals surface area contributed by atoms with Crippen molar-refractivity contribution in [3.05, 3.63) is 99.5 Å². The lowest BCUT2D eigenvalue weighted by molar-refractivity contribution is -0.141. The Balaban J connectivity index is 1.89. The molecule has 0 saturated carbocycles. The number of carbonyl (C=O) groups excluding carboxylic acids is 2. The first-order chi connectivity index (χ1) is 20.0. The molecule has 0 aliphatic carbocycles. The molecule has 3 rings (SSSR count). The first-order valence-electron chi connectivity index (χ1n) is 14.1. The van der Waals surface area contributed by atoms with Crippen LogP contribution in [-0.4, -0.2) is 50.5 Å². The van der Waals surface area contributed by atoms with Crippen LogP contribution in [0.4, 0.5) is 5.69 Å². The predicted molar refractivity (Wildman–Crippen MR) is 171 cm³/mol. The number of halogens is 2. The molecule has 0 aliphatic rings. The molecule has 1 N–H and O–H groups in total. The van der Waals surface area contributed by atoms with Crippen LogP contribution in [0.5, 0.6) is 0 Å². The maximum Gasteiger partial charge on any atom is 0.243 e. The van der Waals surface area contributed by atoms with E-state index in [2.05, 4.69) is 5.32 Å². The highest BCUT2D eigenvalue weighted by molar-refractivity contribution is 7.92. The third-order valence-electron chi connectivity index (χ3n) is 6.93. The zero-order valence-electron chi connectivity index (χ0n) is 24.4. The van der Waals surface area contributed by atoms with Gasteiger partial charge in [-0.1, -0.05) is 85.1 Å². The fourth-order valence-corrected chi connectivity index (χ4v) is 6.12. The SMILES string of the molecule is CCCCNC(=O)[C@@H](Cc1ccccc1)N(Cc1cccc(Cl)c1)C(=O)CCCN(c1cc(Cl)ccc1C)S(C)(=O)=O. The summed E-state index contributed by atoms with van der Waals surface area (Å²) in [7, 11) is -3.64. The Bertz CT molecular complexity index is 1450. The van der Waals surface area contributed by atoms with Gasteiger partial charge in [-0.05, 0) is 60.7 Å². The fourth-order valence-electron chi connectivity index (χ4n) is 4.73. The minimum Gasteiger partial charge on any atom is -0.354 e. The number of rotatable bonds is 15. The first-order valence-corrected chi connectivity index (χ1v) is 16.7. The van der Waals surface area contributed by atoms with Gasteiger partial charge in [0, 0.05) is 42.5 Å². The van der Waals surface area contributed by atoms with Crippen molar-refractivity contribution in [3.63, 3.8) is 0 Å². The van der Waals surface area contributed by atoms with E-state index in [1.165, 1.54) is 4.31 Å². The summed E-state index contributed by atoms with van der Waals surface area (Å²) in [5.41, 5.74) is 2.95. The molecule has 10 heteroatoms. The van der Waals surface area contributed by atoms with Crippen molar-refractivity contribution >= 4 is 50.7 Å². The number of benzene rings is 3. The molecule has 0 radical (unpaired) electrons. The minimum atomic E-state index is -3.64. The molecule has 0 spiro atoms. The molecule has 0 saturated heterocycles. The van der Waals surface area contributed by atoms with Crippen LogP contribution in [-0.2, 0) is 32.6 Å². The van der Waals surface area contributed by atoms with Crippen LogP contribution in [0.15, 0.2) is 72.8 Å². The summed E-state index contributed by atoms with van der Waals surface area (Å²) in [6.45, 7) is 4.65. The van der Waals surface area contributed by atoms with Gasteiger partial charge in [0.1, 0.15) is 6.04 Å². The third-order valence-corrected chi connectivity index (χ3v) is 8.58. The van der Waals surface area contributed by atoms with Gasteiger partial charge in [0.2, 0.25) is 21.8 Å². The molecule has 42 heavy (non-hydrogen) atoms. The number of nitrogens with zero attached hydrogens (tertiary/aromatic N) is 2. The lowest BCUT2D eigenvalue weighted by atomic mass is 10.0. The maximum absolute atomic E-state index is 13.9. The van der Waals surface area contributed by atoms with Gasteiger partial charge >= 0.3 is 0 Å². The quantitative estimate of drug-likeness (QED) is 0.197. The van der Waals surface area contributed by atoms with Crippen LogP contribution in [0, 0.1) is 6.92 Å². The molecule has 0 unspecified atom stereocenters. The highest BCUT2D eigenvalue weighted by Crippen LogP contribution is 2.27. The van der Waals surface area contributed by atoms with Crippen LogP contribution in [0.25, 0.3) is 0 Å². The molecule has 0 bridgehead atoms. The van der Waals surface area contributed by atoms with Crippen LogP contribution in [0.2, 0.25) is 10.0 Å². The number of nitrogens with one attached hydrogen (secondary N) is 1. The van der Waals surface area contributed by atoms with Gasteiger partial charge in [0.25, 0.3) is 0 Å². The van der Waals surface area contributed by atoms with Gasteiger partial charge in [-0.3, -0.25) is 13.9 Å². The summed E-state index contributed by atoms with van der Waals surface area (Å²) in [5, 5.41) is 3.96. The maximum atomic E-state index is 13.9. The molecule has 0 heterocycles. The molecule has 1 atom stereocenters. The highest BCUT2D eigenvalue weighted by Gasteiger charge is 2.30. The van der Waals surface area contributed by atoms with Crippen molar-refractivity contribution in [1.82, 2.24) is 10.2 Å². The molecular weight excluding hydrogens is 593 g/mol. The monoisotopic (exact) mass is 631 g/mol. The van der Waals surface area contributed by atoms with Crippen LogP contribution in [0.1, 0.15) is 49.3 Å². The van der Waals surface area contributed by atoms with E-state index in [1.54, 1.807) is 35.2 Å². The summed E-state index contributed by atoms with van der Waals surface area (Å²) < 4.78 is 26.7. The zero-order chi connectivity index (χ0) is 30.7. The van der Waals surface area contributed by atoms with E-state index in [-0.39, 0.29) is 37.7 Å². The van der Waals surface area contributed by atoms with Crippen LogP contribution in [0.3, 0.4) is 0 Å². The Labute approximate surface area is 259 Å². The predicted octanol–water partition coefficient (Wildman–Crippen LogP) is 6.40. The summed E-state index contributed by atoms with van der Waals surface area (Å²) in [6.07, 6.45) is 3.52. The first kappa shape index (κ1) is 33.4. The second-order valence-corrected chi connectivity index (χ2v) is 13.2. The summed E-state index contributed by atoms with van der Waals surface area (Å²) in [6, 6.07) is 21.1. The summed E-state index contributed by atoms with van der Waals surface area (Å²) >= 11 is 12.4. The van der Waals surface area contributed by atoms with E-state index in [9.17, 15) is 18.0 Å². The second-order valence-electron chi connectivity index (χ2n) is 10.4. The van der Waals surface area contributed by atoms with Gasteiger partial charge < -0.3 is 10.2 Å². The van der Waals surface area contributed by atoms with Gasteiger partial charge in [-0.2, -0.15) is 0 Å². The molecule has 0 fully saturated rings. The second kappa shape index (κ2) is 16.0. The number of sulfonamides is 1. The fraction of sp³-hybridized carbons (Fsp3) is 0.375. The van der Waals surface area contributed by atoms with E-state index < -0.39 is 16.1 Å². The average Bonchev–Trinajstić information content (AvgIpc) is 2.94. The molecule has 7 nitrogen and oxygen atoms in total. The average molecular weight is 633 g/mol. The third kappa shape index (κ3) is 10.0. The lowest BCUT2D eigenvalue weighted by Gasteiger charge is -2.32. The Morgan fingerprint density at radius 1 is 0.905 bits per heavy atom. The summed E-state index contributed by atoms with van der Waals surface area (Å²) in [4.78, 5) is 29.1. The highest BCUT2D eigenvalue weighted by atomic mass is 35.5. The van der Waals surface area contributed by atoms with E-state index in [4.69, 9.17) is 23.2 Å². The van der Waals surface area contributed by atoms with Crippen LogP contribution < -0.4 is 9.62 Å². The standard InChI is InChI=1S/C32H39Cl2N3O4S/c1-4-5-18-35-32(39)30(21-25-11-7-6-8-12-25)36(23-26-13-9-14-27(33)20-26)31(38)15-10-19-37(42(3,40)41)29-22-28(34)17-16-24(29)2/h6-9,11-14,16-17,20,22,30H,4-5,10,15,18-19,21,23H2,1-3H3,(H,35,39)/t30-/m1/s1. The number of aryl methyl sites for hydroxylation is 1. The number of amides is 2. The molecule has 3 aromatic carbocycles. The largest absolute Gasteiger partial charge is 0.354 e. The van der Waals surface area contributed by atoms with Crippen molar-refractivity contribution in [1.29, 1.82) is 0 Å². The van der Waals surface area contributed by atoms with E-state index in [0.29, 0.717) is 28.7 Å². The number of hydrogen-bond donors (Lipinski definition) is 1. The van der Waals surface area contributed by atoms with E-state index >= 15 is 0 Å². The van der Waals surface area contributed by atoms with Crippen molar-refractivity contribution in [2.45, 2.75) is 58.5 Å². The van der Waals surface area contributed by atoms with Crippen molar-refractivity contribution in [2.75, 3.05) is 23.7 Å². The van der Waals surface area contributed by atoms with Gasteiger partial charge in [-0.15, -0.1) is 0 Å². The molecule has 0 aliphatic heterocycles. The normalized spacial score (nSPS) is 12.0. The Kier molecular flexibility index (Phi) is 12.7. The van der Waals surface area contributed by atoms with Crippen molar-refractivity contribution in [2.24, 2.45) is 0 Å². The molecule has 226 valence electrons. The number of unbranched alkanes of at least 4 members (excludes halogenated alkanes) is 1. The van der Waals surface area contributed by atoms with E-state index in [0.717, 1.165) is 35.8 Å². The zero-order valence-corrected chi connectivity index (χ0v) is 26.7. The van der Waals surface area contributed by atoms with Gasteiger partial charge in [0.15, 0.2) is 0 Å². The molecule has 2 amide bonds. The smallest absolute Gasteiger partial charge is 0.243 e. The molecular formula is C32H39Cl2N3O4S. The molecule has 3 aromatic rings. The van der Waals surface area contributed by atoms with Crippen molar-refractivity contribution in [3.8, 4) is 0 Å². The topological polar surface area (TPSA) is 86.8 Å². The number of anilines is 1. The van der Waals surface area contributed by atoms with Gasteiger partial charge in [-0.25, -0.2) is 8.42 Å². The van der Waals surface area contributed by atoms with E-state index in [1.807, 2.05) is 56.3 Å². The summed E-state index contributed by atoms with van der Waals surface area (Å²) in [5.74, 6) is -0.479. The Morgan fingerprint density at radius 3 is 2.26 bits per heavy atom. The molecule has 0 aromatic heterocycles. The Morgan fingerprint density at radius 2 is 1.60 bits per heavy atom. The Hall–Kier alpha value is -3.07. The number of carbonyl (C=O) groups is 2. The lowest BCUT2D eigenvalue weighted by Crippen LogP contribution is -2.50. The van der Waals surface area contributed by atoms with Gasteiger partial charge in [0.05, 0.1) is 11.9 Å².